The number of unbranched alkanes of at least 4 members (excludes halogenated alkanes) is 1. The number of carbonyl (C=O) groups excluding carboxylic acids is 4. The largest absolute Gasteiger partial charge is 0.404 e. The molecule has 5 heterocycles. The number of carbonyl (C=O) groups is 4. The average molecular weight is 810 g/mol. The molecule has 4 amide bonds. The van der Waals surface area contributed by atoms with Gasteiger partial charge in [-0.15, -0.1) is 0 Å². The number of aliphatic imine (C=N–C) groups is 1. The topological polar surface area (TPSA) is 215 Å². The molecule has 2 atom stereocenters. The number of nitrogens with two attached hydrogens (primary N) is 1. The summed E-state index contributed by atoms with van der Waals surface area (Å²) >= 11 is 0. The Morgan fingerprint density at radius 2 is 1.72 bits per heavy atom. The zero-order valence-electron chi connectivity index (χ0n) is 33.7. The van der Waals surface area contributed by atoms with Gasteiger partial charge in [-0.2, -0.15) is 10.2 Å². The molecule has 3 fully saturated rings. The lowest BCUT2D eigenvalue weighted by Gasteiger charge is -2.32. The summed E-state index contributed by atoms with van der Waals surface area (Å²) in [6, 6.07) is 16.9. The van der Waals surface area contributed by atoms with E-state index in [-0.39, 0.29) is 30.0 Å². The van der Waals surface area contributed by atoms with Crippen LogP contribution in [0.25, 0.3) is 16.6 Å². The van der Waals surface area contributed by atoms with Crippen molar-refractivity contribution in [2.24, 2.45) is 16.6 Å². The van der Waals surface area contributed by atoms with Crippen LogP contribution in [0.3, 0.4) is 0 Å². The molecule has 4 aromatic rings. The number of nitrogens with zero attached hydrogens (tertiary/aromatic N) is 6. The third-order valence-corrected chi connectivity index (χ3v) is 12.4. The first kappa shape index (κ1) is 40.4. The molecule has 0 bridgehead atoms. The molecule has 1 saturated carbocycles. The van der Waals surface area contributed by atoms with Gasteiger partial charge in [-0.1, -0.05) is 25.0 Å². The number of hydrogen-bond acceptors (Lipinski definition) is 12. The Morgan fingerprint density at radius 1 is 0.950 bits per heavy atom. The summed E-state index contributed by atoms with van der Waals surface area (Å²) in [7, 11) is 0. The second-order valence-electron chi connectivity index (χ2n) is 16.2. The highest BCUT2D eigenvalue weighted by Gasteiger charge is 2.44. The van der Waals surface area contributed by atoms with Crippen LogP contribution in [0, 0.1) is 17.2 Å². The van der Waals surface area contributed by atoms with E-state index in [0.717, 1.165) is 86.4 Å². The van der Waals surface area contributed by atoms with Gasteiger partial charge in [0, 0.05) is 53.9 Å². The molecular weight excluding hydrogens is 759 g/mol. The van der Waals surface area contributed by atoms with Crippen LogP contribution in [-0.2, 0) is 9.59 Å². The minimum Gasteiger partial charge on any atom is -0.404 e. The van der Waals surface area contributed by atoms with Gasteiger partial charge in [0.25, 0.3) is 11.8 Å². The smallest absolute Gasteiger partial charge is 0.262 e. The number of aromatic nitrogens is 3. The number of anilines is 3. The zero-order chi connectivity index (χ0) is 41.6. The SMILES string of the molecule is N#CCC(N=C/C(=C\N)c1nc(Nc2ccc(C3CCN(CCCCNc4ccc5c(c4)C(=O)N(C4CCC(=O)NC4=O)C5=O)CC3)cc2)nc2[nH]ccc12)C1CCCC1. The lowest BCUT2D eigenvalue weighted by Crippen LogP contribution is -2.54. The first-order valence-electron chi connectivity index (χ1n) is 21.2. The Labute approximate surface area is 348 Å². The number of aromatic amines is 1. The maximum atomic E-state index is 13.2. The minimum absolute atomic E-state index is 0.0489. The van der Waals surface area contributed by atoms with Crippen molar-refractivity contribution in [3.05, 3.63) is 83.3 Å². The summed E-state index contributed by atoms with van der Waals surface area (Å²) in [6.45, 7) is 3.81. The number of rotatable bonds is 15. The first-order chi connectivity index (χ1) is 29.3. The monoisotopic (exact) mass is 809 g/mol. The third-order valence-electron chi connectivity index (χ3n) is 12.4. The molecule has 60 heavy (non-hydrogen) atoms. The minimum atomic E-state index is -0.973. The molecule has 8 rings (SSSR count). The second kappa shape index (κ2) is 18.3. The van der Waals surface area contributed by atoms with Crippen molar-refractivity contribution >= 4 is 63.8 Å². The van der Waals surface area contributed by atoms with Crippen LogP contribution in [0.15, 0.2) is 65.9 Å². The second-order valence-corrected chi connectivity index (χ2v) is 16.2. The van der Waals surface area contributed by atoms with E-state index in [2.05, 4.69) is 56.2 Å². The molecule has 0 spiro atoms. The molecule has 0 radical (unpaired) electrons. The quantitative estimate of drug-likeness (QED) is 0.0532. The number of H-pyrrole nitrogens is 1. The highest BCUT2D eigenvalue weighted by Crippen LogP contribution is 2.33. The van der Waals surface area contributed by atoms with Gasteiger partial charge >= 0.3 is 0 Å². The molecule has 15 nitrogen and oxygen atoms in total. The van der Waals surface area contributed by atoms with Gasteiger partial charge < -0.3 is 26.3 Å². The van der Waals surface area contributed by atoms with Gasteiger partial charge in [0.15, 0.2) is 0 Å². The van der Waals surface area contributed by atoms with Crippen LogP contribution < -0.4 is 21.7 Å². The number of benzene rings is 2. The van der Waals surface area contributed by atoms with E-state index in [0.29, 0.717) is 41.1 Å². The lowest BCUT2D eigenvalue weighted by molar-refractivity contribution is -0.136. The van der Waals surface area contributed by atoms with Crippen LogP contribution in [-0.4, -0.2) is 92.9 Å². The summed E-state index contributed by atoms with van der Waals surface area (Å²) in [5.74, 6) is -0.651. The van der Waals surface area contributed by atoms with Gasteiger partial charge in [0.05, 0.1) is 35.4 Å². The molecule has 4 aliphatic rings. The number of allylic oxidation sites excluding steroid dienone is 1. The van der Waals surface area contributed by atoms with Gasteiger partial charge in [0.1, 0.15) is 11.7 Å². The molecule has 1 aliphatic carbocycles. The van der Waals surface area contributed by atoms with E-state index >= 15 is 0 Å². The number of nitrogens with one attached hydrogen (secondary N) is 4. The molecule has 2 saturated heterocycles. The van der Waals surface area contributed by atoms with E-state index in [9.17, 15) is 24.4 Å². The normalized spacial score (nSPS) is 19.9. The maximum Gasteiger partial charge on any atom is 0.262 e. The van der Waals surface area contributed by atoms with Crippen LogP contribution in [0.1, 0.15) is 109 Å². The van der Waals surface area contributed by atoms with Crippen LogP contribution in [0.2, 0.25) is 0 Å². The number of likely N-dealkylation sites (tertiary alicyclic amines) is 1. The van der Waals surface area contributed by atoms with Gasteiger partial charge in [0.2, 0.25) is 17.8 Å². The van der Waals surface area contributed by atoms with E-state index in [1.807, 2.05) is 12.3 Å². The molecule has 6 N–H and O–H groups in total. The maximum absolute atomic E-state index is 13.2. The van der Waals surface area contributed by atoms with Crippen molar-refractivity contribution in [2.45, 2.75) is 88.6 Å². The van der Waals surface area contributed by atoms with Crippen molar-refractivity contribution in [2.75, 3.05) is 36.8 Å². The summed E-state index contributed by atoms with van der Waals surface area (Å²) < 4.78 is 0. The zero-order valence-corrected chi connectivity index (χ0v) is 33.7. The predicted octanol–water partition coefficient (Wildman–Crippen LogP) is 6.02. The molecule has 2 unspecified atom stereocenters. The molecule has 2 aromatic carbocycles. The molecule has 3 aliphatic heterocycles. The number of imide groups is 2. The van der Waals surface area contributed by atoms with Crippen LogP contribution >= 0.6 is 0 Å². The summed E-state index contributed by atoms with van der Waals surface area (Å²) in [6.07, 6.45) is 14.5. The Morgan fingerprint density at radius 3 is 2.47 bits per heavy atom. The third kappa shape index (κ3) is 8.79. The summed E-state index contributed by atoms with van der Waals surface area (Å²) in [4.78, 5) is 71.2. The highest BCUT2D eigenvalue weighted by atomic mass is 16.2. The van der Waals surface area contributed by atoms with E-state index < -0.39 is 29.7 Å². The number of piperidine rings is 2. The summed E-state index contributed by atoms with van der Waals surface area (Å²) in [5, 5.41) is 19.3. The Hall–Kier alpha value is -6.40. The van der Waals surface area contributed by atoms with Gasteiger partial charge in [-0.05, 0) is 118 Å². The van der Waals surface area contributed by atoms with Gasteiger partial charge in [-0.25, -0.2) is 4.98 Å². The number of fused-ring (bicyclic) bond motifs is 2. The van der Waals surface area contributed by atoms with Crippen molar-refractivity contribution in [1.29, 1.82) is 5.26 Å². The molecule has 15 heteroatoms. The number of nitriles is 1. The van der Waals surface area contributed by atoms with E-state index in [1.54, 1.807) is 24.4 Å². The fourth-order valence-corrected chi connectivity index (χ4v) is 9.08. The lowest BCUT2D eigenvalue weighted by atomic mass is 9.89. The highest BCUT2D eigenvalue weighted by molar-refractivity contribution is 6.23. The Kier molecular flexibility index (Phi) is 12.3. The fraction of sp³-hybridized carbons (Fsp3) is 0.422. The predicted molar refractivity (Wildman–Crippen MR) is 229 cm³/mol. The molecule has 2 aromatic heterocycles. The van der Waals surface area contributed by atoms with Crippen molar-refractivity contribution in [1.82, 2.24) is 30.1 Å². The fourth-order valence-electron chi connectivity index (χ4n) is 9.08. The van der Waals surface area contributed by atoms with E-state index in [4.69, 9.17) is 20.7 Å². The Balaban J connectivity index is 0.792. The molecule has 310 valence electrons. The first-order valence-corrected chi connectivity index (χ1v) is 21.2. The average Bonchev–Trinajstić information content (AvgIpc) is 4.02. The summed E-state index contributed by atoms with van der Waals surface area (Å²) in [5.41, 5.74) is 11.7. The van der Waals surface area contributed by atoms with Crippen LogP contribution in [0.4, 0.5) is 17.3 Å². The van der Waals surface area contributed by atoms with Crippen LogP contribution in [0.5, 0.6) is 0 Å². The van der Waals surface area contributed by atoms with Crippen molar-refractivity contribution in [3.63, 3.8) is 0 Å². The number of hydrogen-bond donors (Lipinski definition) is 5. The van der Waals surface area contributed by atoms with Crippen molar-refractivity contribution in [3.8, 4) is 6.07 Å². The van der Waals surface area contributed by atoms with Crippen molar-refractivity contribution < 1.29 is 19.2 Å². The number of amides is 4. The van der Waals surface area contributed by atoms with Gasteiger partial charge in [-0.3, -0.25) is 34.4 Å². The standard InChI is InChI=1S/C45H51N11O4/c46-19-15-37(30-5-1-2-6-30)50-27-31(26-47)40-35-16-21-49-41(35)54-45(53-40)51-32-9-7-28(8-10-32)29-17-23-55(24-18-29)22-4-3-20-48-33-11-12-34-36(25-33)44(60)56(43(34)59)38-13-14-39(57)52-42(38)58/h7-12,16,21,25-27,29-30,37-38,48H,1-6,13-15,17-18,20,22-24,47H2,(H,52,57,58)(H2,49,51,53,54)/b31-26+,50-27?. The molecular formula is C45H51N11O4. The van der Waals surface area contributed by atoms with E-state index in [1.165, 1.54) is 24.6 Å². The Bertz CT molecular complexity index is 2350.